The number of hydrogen-bond donors (Lipinski definition) is 2. The summed E-state index contributed by atoms with van der Waals surface area (Å²) in [6, 6.07) is 12.2. The van der Waals surface area contributed by atoms with Gasteiger partial charge in [0.2, 0.25) is 5.88 Å². The lowest BCUT2D eigenvalue weighted by Crippen LogP contribution is -2.25. The van der Waals surface area contributed by atoms with Gasteiger partial charge < -0.3 is 15.3 Å². The third-order valence-corrected chi connectivity index (χ3v) is 4.61. The molecule has 0 saturated carbocycles. The second kappa shape index (κ2) is 9.67. The first kappa shape index (κ1) is 21.0. The number of nitriles is 1. The van der Waals surface area contributed by atoms with Crippen LogP contribution >= 0.6 is 0 Å². The summed E-state index contributed by atoms with van der Waals surface area (Å²) in [6.07, 6.45) is 4.93. The van der Waals surface area contributed by atoms with Crippen molar-refractivity contribution in [3.05, 3.63) is 59.9 Å². The highest BCUT2D eigenvalue weighted by molar-refractivity contribution is 5.93. The molecule has 0 aliphatic carbocycles. The summed E-state index contributed by atoms with van der Waals surface area (Å²) in [5.74, 6) is 0.155. The number of hydrogen-bond acceptors (Lipinski definition) is 6. The molecule has 0 aliphatic rings. The first-order valence-electron chi connectivity index (χ1n) is 9.66. The van der Waals surface area contributed by atoms with Gasteiger partial charge in [0, 0.05) is 12.7 Å². The molecule has 154 valence electrons. The van der Waals surface area contributed by atoms with Crippen molar-refractivity contribution >= 4 is 5.91 Å². The van der Waals surface area contributed by atoms with E-state index >= 15 is 0 Å². The number of pyridine rings is 1. The van der Waals surface area contributed by atoms with E-state index in [9.17, 15) is 9.90 Å². The van der Waals surface area contributed by atoms with E-state index in [1.165, 1.54) is 17.1 Å². The summed E-state index contributed by atoms with van der Waals surface area (Å²) < 4.78 is 1.30. The smallest absolute Gasteiger partial charge is 0.252 e. The molecule has 0 atom stereocenters. The standard InChI is InChI=1S/C22H24N6O2/c1-27(2)12-4-3-11-24-21(29)18-9-10-20(25-14-18)28-22(30)19(15-26-28)17-7-5-16(13-23)6-8-17/h5-10,14-15,30H,3-4,11-12H2,1-2H3,(H,24,29). The van der Waals surface area contributed by atoms with Crippen molar-refractivity contribution in [2.45, 2.75) is 12.8 Å². The van der Waals surface area contributed by atoms with Crippen LogP contribution < -0.4 is 5.32 Å². The van der Waals surface area contributed by atoms with Crippen LogP contribution in [-0.4, -0.2) is 57.9 Å². The summed E-state index contributed by atoms with van der Waals surface area (Å²) in [5.41, 5.74) is 2.26. The zero-order chi connectivity index (χ0) is 21.5. The third-order valence-electron chi connectivity index (χ3n) is 4.61. The first-order chi connectivity index (χ1) is 14.5. The SMILES string of the molecule is CN(C)CCCCNC(=O)c1ccc(-n2ncc(-c3ccc(C#N)cc3)c2O)nc1. The predicted molar refractivity (Wildman–Crippen MR) is 113 cm³/mol. The molecule has 1 amide bonds. The molecule has 8 nitrogen and oxygen atoms in total. The number of aromatic hydroxyl groups is 1. The fraction of sp³-hybridized carbons (Fsp3) is 0.273. The van der Waals surface area contributed by atoms with E-state index in [0.29, 0.717) is 29.1 Å². The number of aromatic nitrogens is 3. The highest BCUT2D eigenvalue weighted by Crippen LogP contribution is 2.30. The summed E-state index contributed by atoms with van der Waals surface area (Å²) in [5, 5.41) is 26.5. The zero-order valence-electron chi connectivity index (χ0n) is 17.0. The molecule has 0 fully saturated rings. The van der Waals surface area contributed by atoms with E-state index < -0.39 is 0 Å². The molecule has 3 aromatic rings. The van der Waals surface area contributed by atoms with Gasteiger partial charge in [-0.1, -0.05) is 12.1 Å². The van der Waals surface area contributed by atoms with Gasteiger partial charge in [-0.25, -0.2) is 4.98 Å². The van der Waals surface area contributed by atoms with E-state index in [1.54, 1.807) is 36.4 Å². The number of rotatable bonds is 8. The Balaban J connectivity index is 1.65. The van der Waals surface area contributed by atoms with Gasteiger partial charge in [-0.15, -0.1) is 0 Å². The molecule has 2 heterocycles. The summed E-state index contributed by atoms with van der Waals surface area (Å²) >= 11 is 0. The second-order valence-corrected chi connectivity index (χ2v) is 7.15. The van der Waals surface area contributed by atoms with Crippen molar-refractivity contribution in [3.63, 3.8) is 0 Å². The molecule has 1 aromatic carbocycles. The quantitative estimate of drug-likeness (QED) is 0.559. The van der Waals surface area contributed by atoms with Gasteiger partial charge in [-0.05, 0) is 63.3 Å². The minimum Gasteiger partial charge on any atom is -0.493 e. The van der Waals surface area contributed by atoms with Crippen LogP contribution in [0.25, 0.3) is 16.9 Å². The van der Waals surface area contributed by atoms with Gasteiger partial charge in [0.1, 0.15) is 0 Å². The molecule has 2 aromatic heterocycles. The number of nitrogens with one attached hydrogen (secondary N) is 1. The van der Waals surface area contributed by atoms with Gasteiger partial charge in [0.25, 0.3) is 5.91 Å². The van der Waals surface area contributed by atoms with Gasteiger partial charge in [0.05, 0.1) is 29.0 Å². The maximum Gasteiger partial charge on any atom is 0.252 e. The Kier molecular flexibility index (Phi) is 6.78. The zero-order valence-corrected chi connectivity index (χ0v) is 17.0. The van der Waals surface area contributed by atoms with Crippen molar-refractivity contribution in [2.75, 3.05) is 27.2 Å². The molecule has 2 N–H and O–H groups in total. The third kappa shape index (κ3) is 5.01. The topological polar surface area (TPSA) is 107 Å². The van der Waals surface area contributed by atoms with E-state index in [2.05, 4.69) is 26.4 Å². The molecular formula is C22H24N6O2. The maximum atomic E-state index is 12.2. The summed E-state index contributed by atoms with van der Waals surface area (Å²) in [6.45, 7) is 1.60. The molecule has 3 rings (SSSR count). The maximum absolute atomic E-state index is 12.2. The molecule has 8 heteroatoms. The lowest BCUT2D eigenvalue weighted by molar-refractivity contribution is 0.0952. The summed E-state index contributed by atoms with van der Waals surface area (Å²) in [7, 11) is 4.05. The Hall–Kier alpha value is -3.70. The van der Waals surface area contributed by atoms with Crippen LogP contribution in [0.15, 0.2) is 48.8 Å². The van der Waals surface area contributed by atoms with Crippen LogP contribution in [0, 0.1) is 11.3 Å². The van der Waals surface area contributed by atoms with Crippen LogP contribution in [0.5, 0.6) is 5.88 Å². The average Bonchev–Trinajstić information content (AvgIpc) is 3.14. The normalized spacial score (nSPS) is 10.7. The molecule has 0 radical (unpaired) electrons. The molecule has 0 aliphatic heterocycles. The van der Waals surface area contributed by atoms with E-state index in [4.69, 9.17) is 5.26 Å². The van der Waals surface area contributed by atoms with Crippen LogP contribution in [0.4, 0.5) is 0 Å². The molecule has 0 saturated heterocycles. The number of benzene rings is 1. The molecule has 0 unspecified atom stereocenters. The molecule has 0 bridgehead atoms. The van der Waals surface area contributed by atoms with Crippen LogP contribution in [0.1, 0.15) is 28.8 Å². The van der Waals surface area contributed by atoms with Gasteiger partial charge >= 0.3 is 0 Å². The van der Waals surface area contributed by atoms with Crippen molar-refractivity contribution in [1.82, 2.24) is 25.0 Å². The number of unbranched alkanes of at least 4 members (excludes halogenated alkanes) is 1. The van der Waals surface area contributed by atoms with Crippen molar-refractivity contribution in [1.29, 1.82) is 5.26 Å². The second-order valence-electron chi connectivity index (χ2n) is 7.15. The monoisotopic (exact) mass is 404 g/mol. The Morgan fingerprint density at radius 3 is 2.57 bits per heavy atom. The Morgan fingerprint density at radius 2 is 1.93 bits per heavy atom. The van der Waals surface area contributed by atoms with E-state index in [1.807, 2.05) is 14.1 Å². The van der Waals surface area contributed by atoms with Crippen LogP contribution in [0.3, 0.4) is 0 Å². The molecule has 30 heavy (non-hydrogen) atoms. The Bertz CT molecular complexity index is 1030. The number of carbonyl (C=O) groups is 1. The highest BCUT2D eigenvalue weighted by Gasteiger charge is 2.14. The van der Waals surface area contributed by atoms with Crippen LogP contribution in [-0.2, 0) is 0 Å². The largest absolute Gasteiger partial charge is 0.493 e. The van der Waals surface area contributed by atoms with Crippen molar-refractivity contribution < 1.29 is 9.90 Å². The fourth-order valence-electron chi connectivity index (χ4n) is 2.94. The molecular weight excluding hydrogens is 380 g/mol. The Morgan fingerprint density at radius 1 is 1.17 bits per heavy atom. The lowest BCUT2D eigenvalue weighted by Gasteiger charge is -2.09. The van der Waals surface area contributed by atoms with E-state index in [-0.39, 0.29) is 11.8 Å². The van der Waals surface area contributed by atoms with Gasteiger partial charge in [-0.3, -0.25) is 4.79 Å². The number of carbonyl (C=O) groups excluding carboxylic acids is 1. The van der Waals surface area contributed by atoms with E-state index in [0.717, 1.165) is 24.9 Å². The highest BCUT2D eigenvalue weighted by atomic mass is 16.3. The van der Waals surface area contributed by atoms with Gasteiger partial charge in [0.15, 0.2) is 5.82 Å². The minimum atomic E-state index is -0.179. The summed E-state index contributed by atoms with van der Waals surface area (Å²) in [4.78, 5) is 18.6. The number of nitrogens with zero attached hydrogens (tertiary/aromatic N) is 5. The Labute approximate surface area is 175 Å². The fourth-order valence-corrected chi connectivity index (χ4v) is 2.94. The van der Waals surface area contributed by atoms with Crippen molar-refractivity contribution in [2.24, 2.45) is 0 Å². The average molecular weight is 404 g/mol. The lowest BCUT2D eigenvalue weighted by atomic mass is 10.1. The van der Waals surface area contributed by atoms with Crippen molar-refractivity contribution in [3.8, 4) is 28.9 Å². The van der Waals surface area contributed by atoms with Crippen LogP contribution in [0.2, 0.25) is 0 Å². The number of amides is 1. The van der Waals surface area contributed by atoms with Gasteiger partial charge in [-0.2, -0.15) is 15.0 Å². The minimum absolute atomic E-state index is 0.0645. The predicted octanol–water partition coefficient (Wildman–Crippen LogP) is 2.58. The first-order valence-corrected chi connectivity index (χ1v) is 9.66. The molecule has 0 spiro atoms.